The summed E-state index contributed by atoms with van der Waals surface area (Å²) in [5.41, 5.74) is 0.623. The Hall–Kier alpha value is -1.72. The second-order valence-corrected chi connectivity index (χ2v) is 3.78. The van der Waals surface area contributed by atoms with Crippen molar-refractivity contribution in [2.75, 3.05) is 0 Å². The Morgan fingerprint density at radius 2 is 2.12 bits per heavy atom. The average molecular weight is 245 g/mol. The molecule has 6 heteroatoms. The molecule has 1 aliphatic heterocycles. The fraction of sp³-hybridized carbons (Fsp3) is 0.364. The Morgan fingerprint density at radius 3 is 2.71 bits per heavy atom. The van der Waals surface area contributed by atoms with Crippen LogP contribution in [0, 0.1) is 0 Å². The number of rotatable bonds is 2. The van der Waals surface area contributed by atoms with Gasteiger partial charge in [-0.15, -0.1) is 13.2 Å². The minimum atomic E-state index is -4.70. The first-order valence-electron chi connectivity index (χ1n) is 5.09. The maximum Gasteiger partial charge on any atom is 0.573 e. The SMILES string of the molecule is O=C1CCC(c2cccc(OC(F)(F)F)c2)N1. The molecular formula is C11H10F3NO2. The minimum Gasteiger partial charge on any atom is -0.406 e. The number of hydrogen-bond donors (Lipinski definition) is 1. The van der Waals surface area contributed by atoms with Gasteiger partial charge in [0.15, 0.2) is 0 Å². The highest BCUT2D eigenvalue weighted by atomic mass is 19.4. The zero-order valence-corrected chi connectivity index (χ0v) is 8.75. The number of hydrogen-bond acceptors (Lipinski definition) is 2. The van der Waals surface area contributed by atoms with Crippen LogP contribution >= 0.6 is 0 Å². The number of benzene rings is 1. The smallest absolute Gasteiger partial charge is 0.406 e. The zero-order valence-electron chi connectivity index (χ0n) is 8.75. The van der Waals surface area contributed by atoms with Gasteiger partial charge in [0.2, 0.25) is 5.91 Å². The van der Waals surface area contributed by atoms with Crippen LogP contribution in [-0.2, 0) is 4.79 Å². The van der Waals surface area contributed by atoms with Crippen LogP contribution in [0.15, 0.2) is 24.3 Å². The number of alkyl halides is 3. The summed E-state index contributed by atoms with van der Waals surface area (Å²) in [6, 6.07) is 5.44. The zero-order chi connectivity index (χ0) is 12.5. The molecule has 17 heavy (non-hydrogen) atoms. The Morgan fingerprint density at radius 1 is 1.35 bits per heavy atom. The molecule has 0 aliphatic carbocycles. The molecule has 1 fully saturated rings. The molecule has 3 nitrogen and oxygen atoms in total. The maximum atomic E-state index is 12.0. The van der Waals surface area contributed by atoms with Gasteiger partial charge in [0, 0.05) is 6.42 Å². The summed E-state index contributed by atoms with van der Waals surface area (Å²) in [5.74, 6) is -0.353. The lowest BCUT2D eigenvalue weighted by molar-refractivity contribution is -0.274. The molecule has 0 saturated carbocycles. The Balaban J connectivity index is 2.14. The third kappa shape index (κ3) is 3.12. The molecule has 1 N–H and O–H groups in total. The van der Waals surface area contributed by atoms with Gasteiger partial charge in [0.25, 0.3) is 0 Å². The third-order valence-electron chi connectivity index (χ3n) is 2.49. The van der Waals surface area contributed by atoms with E-state index in [0.29, 0.717) is 18.4 Å². The number of carbonyl (C=O) groups is 1. The highest BCUT2D eigenvalue weighted by Crippen LogP contribution is 2.29. The molecule has 0 spiro atoms. The number of halogens is 3. The predicted octanol–water partition coefficient (Wildman–Crippen LogP) is 2.54. The predicted molar refractivity (Wildman–Crippen MR) is 53.2 cm³/mol. The molecule has 1 unspecified atom stereocenters. The van der Waals surface area contributed by atoms with Gasteiger partial charge in [-0.25, -0.2) is 0 Å². The minimum absolute atomic E-state index is 0.0860. The first kappa shape index (κ1) is 11.8. The first-order chi connectivity index (χ1) is 7.94. The number of amides is 1. The normalized spacial score (nSPS) is 20.2. The second-order valence-electron chi connectivity index (χ2n) is 3.78. The van der Waals surface area contributed by atoms with E-state index in [1.54, 1.807) is 6.07 Å². The first-order valence-corrected chi connectivity index (χ1v) is 5.09. The summed E-state index contributed by atoms with van der Waals surface area (Å²) < 4.78 is 39.9. The largest absolute Gasteiger partial charge is 0.573 e. The van der Waals surface area contributed by atoms with Crippen LogP contribution in [-0.4, -0.2) is 12.3 Å². The van der Waals surface area contributed by atoms with Gasteiger partial charge in [0.1, 0.15) is 5.75 Å². The quantitative estimate of drug-likeness (QED) is 0.869. The molecule has 2 rings (SSSR count). The van der Waals surface area contributed by atoms with Crippen LogP contribution in [0.25, 0.3) is 0 Å². The fourth-order valence-electron chi connectivity index (χ4n) is 1.79. The van der Waals surface area contributed by atoms with E-state index in [1.165, 1.54) is 18.2 Å². The molecule has 0 radical (unpaired) electrons. The van der Waals surface area contributed by atoms with E-state index < -0.39 is 6.36 Å². The van der Waals surface area contributed by atoms with Gasteiger partial charge in [0.05, 0.1) is 6.04 Å². The highest BCUT2D eigenvalue weighted by Gasteiger charge is 2.31. The van der Waals surface area contributed by atoms with Crippen LogP contribution in [0.5, 0.6) is 5.75 Å². The number of ether oxygens (including phenoxy) is 1. The standard InChI is InChI=1S/C11H10F3NO2/c12-11(13,14)17-8-3-1-2-7(6-8)9-4-5-10(16)15-9/h1-3,6,9H,4-5H2,(H,15,16). The van der Waals surface area contributed by atoms with Crippen molar-refractivity contribution < 1.29 is 22.7 Å². The van der Waals surface area contributed by atoms with Crippen LogP contribution in [0.4, 0.5) is 13.2 Å². The number of carbonyl (C=O) groups excluding carboxylic acids is 1. The maximum absolute atomic E-state index is 12.0. The Kier molecular flexibility index (Phi) is 2.95. The summed E-state index contributed by atoms with van der Waals surface area (Å²) in [5, 5.41) is 2.68. The van der Waals surface area contributed by atoms with Crippen molar-refractivity contribution in [3.8, 4) is 5.75 Å². The van der Waals surface area contributed by atoms with E-state index in [1.807, 2.05) is 0 Å². The summed E-state index contributed by atoms with van der Waals surface area (Å²) >= 11 is 0. The molecule has 1 atom stereocenters. The lowest BCUT2D eigenvalue weighted by atomic mass is 10.1. The van der Waals surface area contributed by atoms with E-state index in [-0.39, 0.29) is 17.7 Å². The summed E-state index contributed by atoms with van der Waals surface area (Å²) in [4.78, 5) is 11.0. The topological polar surface area (TPSA) is 38.3 Å². The molecule has 92 valence electrons. The number of nitrogens with one attached hydrogen (secondary N) is 1. The van der Waals surface area contributed by atoms with Gasteiger partial charge in [-0.2, -0.15) is 0 Å². The fourth-order valence-corrected chi connectivity index (χ4v) is 1.79. The van der Waals surface area contributed by atoms with E-state index in [9.17, 15) is 18.0 Å². The highest BCUT2D eigenvalue weighted by molar-refractivity contribution is 5.78. The third-order valence-corrected chi connectivity index (χ3v) is 2.49. The Bertz CT molecular complexity index is 431. The van der Waals surface area contributed by atoms with Gasteiger partial charge >= 0.3 is 6.36 Å². The summed E-state index contributed by atoms with van der Waals surface area (Å²) in [7, 11) is 0. The molecule has 1 amide bonds. The van der Waals surface area contributed by atoms with Crippen molar-refractivity contribution in [2.45, 2.75) is 25.2 Å². The molecular weight excluding hydrogens is 235 g/mol. The van der Waals surface area contributed by atoms with E-state index >= 15 is 0 Å². The molecule has 0 bridgehead atoms. The molecule has 1 aromatic rings. The van der Waals surface area contributed by atoms with Crippen molar-refractivity contribution in [1.82, 2.24) is 5.32 Å². The average Bonchev–Trinajstić information content (AvgIpc) is 2.63. The summed E-state index contributed by atoms with van der Waals surface area (Å²) in [6.07, 6.45) is -3.71. The molecule has 0 aromatic heterocycles. The second kappa shape index (κ2) is 4.27. The van der Waals surface area contributed by atoms with Crippen LogP contribution in [0.2, 0.25) is 0 Å². The molecule has 1 aliphatic rings. The van der Waals surface area contributed by atoms with Crippen LogP contribution in [0.1, 0.15) is 24.4 Å². The van der Waals surface area contributed by atoms with E-state index in [2.05, 4.69) is 10.1 Å². The molecule has 1 aromatic carbocycles. The lowest BCUT2D eigenvalue weighted by Gasteiger charge is -2.13. The molecule has 1 saturated heterocycles. The summed E-state index contributed by atoms with van der Waals surface area (Å²) in [6.45, 7) is 0. The van der Waals surface area contributed by atoms with Crippen LogP contribution in [0.3, 0.4) is 0 Å². The van der Waals surface area contributed by atoms with Crippen molar-refractivity contribution in [3.05, 3.63) is 29.8 Å². The van der Waals surface area contributed by atoms with Gasteiger partial charge in [-0.3, -0.25) is 4.79 Å². The van der Waals surface area contributed by atoms with E-state index in [0.717, 1.165) is 0 Å². The van der Waals surface area contributed by atoms with Gasteiger partial charge < -0.3 is 10.1 Å². The monoisotopic (exact) mass is 245 g/mol. The van der Waals surface area contributed by atoms with Crippen molar-refractivity contribution in [3.63, 3.8) is 0 Å². The Labute approximate surface area is 95.6 Å². The van der Waals surface area contributed by atoms with Crippen molar-refractivity contribution in [2.24, 2.45) is 0 Å². The van der Waals surface area contributed by atoms with Crippen molar-refractivity contribution >= 4 is 5.91 Å². The van der Waals surface area contributed by atoms with Gasteiger partial charge in [-0.1, -0.05) is 12.1 Å². The van der Waals surface area contributed by atoms with Crippen molar-refractivity contribution in [1.29, 1.82) is 0 Å². The van der Waals surface area contributed by atoms with E-state index in [4.69, 9.17) is 0 Å². The lowest BCUT2D eigenvalue weighted by Crippen LogP contribution is -2.19. The van der Waals surface area contributed by atoms with Gasteiger partial charge in [-0.05, 0) is 24.1 Å². The van der Waals surface area contributed by atoms with Crippen LogP contribution < -0.4 is 10.1 Å². The molecule has 1 heterocycles.